The fraction of sp³-hybridized carbons (Fsp3) is 0.200. The SMILES string of the molecule is CCOc1ccc(S(=O)(=O)Nc2ccc(-n3nc(C)cc3NC(C)=O)cc2)cc1. The predicted molar refractivity (Wildman–Crippen MR) is 111 cm³/mol. The van der Waals surface area contributed by atoms with Gasteiger partial charge in [-0.05, 0) is 62.4 Å². The summed E-state index contributed by atoms with van der Waals surface area (Å²) in [6.07, 6.45) is 0. The molecule has 0 aliphatic heterocycles. The van der Waals surface area contributed by atoms with Crippen LogP contribution in [0.4, 0.5) is 11.5 Å². The van der Waals surface area contributed by atoms with E-state index in [-0.39, 0.29) is 10.8 Å². The summed E-state index contributed by atoms with van der Waals surface area (Å²) in [5, 5.41) is 7.08. The minimum atomic E-state index is -3.73. The summed E-state index contributed by atoms with van der Waals surface area (Å²) < 4.78 is 34.6. The number of carbonyl (C=O) groups excluding carboxylic acids is 1. The van der Waals surface area contributed by atoms with Gasteiger partial charge in [0, 0.05) is 18.7 Å². The summed E-state index contributed by atoms with van der Waals surface area (Å²) in [6.45, 7) is 5.61. The van der Waals surface area contributed by atoms with Crippen molar-refractivity contribution in [1.29, 1.82) is 0 Å². The molecule has 0 fully saturated rings. The summed E-state index contributed by atoms with van der Waals surface area (Å²) in [6, 6.07) is 14.7. The number of carbonyl (C=O) groups is 1. The fourth-order valence-electron chi connectivity index (χ4n) is 2.73. The average Bonchev–Trinajstić information content (AvgIpc) is 3.02. The maximum atomic E-state index is 12.6. The first kappa shape index (κ1) is 20.4. The summed E-state index contributed by atoms with van der Waals surface area (Å²) in [4.78, 5) is 11.5. The van der Waals surface area contributed by atoms with Crippen LogP contribution in [-0.4, -0.2) is 30.7 Å². The lowest BCUT2D eigenvalue weighted by Gasteiger charge is -2.11. The van der Waals surface area contributed by atoms with Crippen molar-refractivity contribution in [3.63, 3.8) is 0 Å². The quantitative estimate of drug-likeness (QED) is 0.617. The molecule has 3 aromatic rings. The standard InChI is InChI=1S/C20H22N4O4S/c1-4-28-18-9-11-19(12-10-18)29(26,27)23-16-5-7-17(8-6-16)24-20(21-15(3)25)13-14(2)22-24/h5-13,23H,4H2,1-3H3,(H,21,25). The molecule has 152 valence electrons. The van der Waals surface area contributed by atoms with E-state index in [2.05, 4.69) is 15.1 Å². The molecule has 29 heavy (non-hydrogen) atoms. The average molecular weight is 414 g/mol. The summed E-state index contributed by atoms with van der Waals surface area (Å²) >= 11 is 0. The maximum Gasteiger partial charge on any atom is 0.261 e. The largest absolute Gasteiger partial charge is 0.494 e. The number of rotatable bonds is 7. The van der Waals surface area contributed by atoms with Gasteiger partial charge in [0.15, 0.2) is 0 Å². The number of anilines is 2. The first-order valence-corrected chi connectivity index (χ1v) is 10.5. The Morgan fingerprint density at radius 3 is 2.34 bits per heavy atom. The Labute approximate surface area is 169 Å². The zero-order valence-electron chi connectivity index (χ0n) is 16.3. The Hall–Kier alpha value is -3.33. The topological polar surface area (TPSA) is 102 Å². The van der Waals surface area contributed by atoms with Crippen LogP contribution in [0.5, 0.6) is 5.75 Å². The lowest BCUT2D eigenvalue weighted by Crippen LogP contribution is -2.13. The van der Waals surface area contributed by atoms with Crippen LogP contribution in [0.3, 0.4) is 0 Å². The number of hydrogen-bond acceptors (Lipinski definition) is 5. The van der Waals surface area contributed by atoms with Crippen molar-refractivity contribution in [2.45, 2.75) is 25.7 Å². The predicted octanol–water partition coefficient (Wildman–Crippen LogP) is 3.34. The molecule has 0 atom stereocenters. The van der Waals surface area contributed by atoms with Crippen LogP contribution in [-0.2, 0) is 14.8 Å². The summed E-state index contributed by atoms with van der Waals surface area (Å²) in [5.41, 5.74) is 1.84. The molecule has 0 saturated heterocycles. The number of nitrogens with one attached hydrogen (secondary N) is 2. The number of amides is 1. The highest BCUT2D eigenvalue weighted by Gasteiger charge is 2.15. The van der Waals surface area contributed by atoms with Crippen LogP contribution in [0.15, 0.2) is 59.5 Å². The van der Waals surface area contributed by atoms with Crippen molar-refractivity contribution < 1.29 is 17.9 Å². The molecule has 0 radical (unpaired) electrons. The Bertz CT molecular complexity index is 1100. The molecular weight excluding hydrogens is 392 g/mol. The Kier molecular flexibility index (Phi) is 5.88. The molecule has 1 aromatic heterocycles. The highest BCUT2D eigenvalue weighted by molar-refractivity contribution is 7.92. The molecule has 1 heterocycles. The van der Waals surface area contributed by atoms with Gasteiger partial charge in [0.2, 0.25) is 5.91 Å². The van der Waals surface area contributed by atoms with Crippen LogP contribution in [0.25, 0.3) is 5.69 Å². The molecule has 0 bridgehead atoms. The van der Waals surface area contributed by atoms with Gasteiger partial charge >= 0.3 is 0 Å². The Balaban J connectivity index is 1.79. The minimum Gasteiger partial charge on any atom is -0.494 e. The number of aryl methyl sites for hydroxylation is 1. The van der Waals surface area contributed by atoms with Gasteiger partial charge in [-0.3, -0.25) is 9.52 Å². The molecule has 0 aliphatic rings. The Morgan fingerprint density at radius 1 is 1.10 bits per heavy atom. The van der Waals surface area contributed by atoms with E-state index in [1.807, 2.05) is 13.8 Å². The van der Waals surface area contributed by atoms with Gasteiger partial charge < -0.3 is 10.1 Å². The van der Waals surface area contributed by atoms with E-state index in [0.717, 1.165) is 5.69 Å². The van der Waals surface area contributed by atoms with Crippen LogP contribution < -0.4 is 14.8 Å². The lowest BCUT2D eigenvalue weighted by atomic mass is 10.3. The molecule has 3 rings (SSSR count). The van der Waals surface area contributed by atoms with Crippen molar-refractivity contribution in [3.05, 3.63) is 60.3 Å². The second-order valence-electron chi connectivity index (χ2n) is 6.32. The highest BCUT2D eigenvalue weighted by Crippen LogP contribution is 2.22. The second-order valence-corrected chi connectivity index (χ2v) is 8.00. The van der Waals surface area contributed by atoms with Gasteiger partial charge in [0.1, 0.15) is 11.6 Å². The van der Waals surface area contributed by atoms with Gasteiger partial charge in [-0.2, -0.15) is 5.10 Å². The highest BCUT2D eigenvalue weighted by atomic mass is 32.2. The smallest absolute Gasteiger partial charge is 0.261 e. The summed E-state index contributed by atoms with van der Waals surface area (Å²) in [7, 11) is -3.73. The zero-order valence-corrected chi connectivity index (χ0v) is 17.2. The van der Waals surface area contributed by atoms with E-state index in [1.54, 1.807) is 47.1 Å². The van der Waals surface area contributed by atoms with Crippen LogP contribution in [0.2, 0.25) is 0 Å². The van der Waals surface area contributed by atoms with E-state index < -0.39 is 10.0 Å². The number of benzene rings is 2. The fourth-order valence-corrected chi connectivity index (χ4v) is 3.79. The van der Waals surface area contributed by atoms with E-state index in [1.165, 1.54) is 19.1 Å². The van der Waals surface area contributed by atoms with E-state index in [4.69, 9.17) is 4.74 Å². The molecular formula is C20H22N4O4S. The molecule has 2 aromatic carbocycles. The van der Waals surface area contributed by atoms with E-state index >= 15 is 0 Å². The first-order chi connectivity index (χ1) is 13.8. The van der Waals surface area contributed by atoms with E-state index in [0.29, 0.717) is 29.5 Å². The van der Waals surface area contributed by atoms with Gasteiger partial charge in [0.25, 0.3) is 10.0 Å². The maximum absolute atomic E-state index is 12.6. The molecule has 0 aliphatic carbocycles. The van der Waals surface area contributed by atoms with Gasteiger partial charge in [-0.1, -0.05) is 0 Å². The van der Waals surface area contributed by atoms with Gasteiger partial charge in [0.05, 0.1) is 22.9 Å². The first-order valence-electron chi connectivity index (χ1n) is 8.99. The zero-order chi connectivity index (χ0) is 21.0. The van der Waals surface area contributed by atoms with Crippen molar-refractivity contribution in [3.8, 4) is 11.4 Å². The molecule has 0 unspecified atom stereocenters. The van der Waals surface area contributed by atoms with Crippen LogP contribution >= 0.6 is 0 Å². The molecule has 9 heteroatoms. The van der Waals surface area contributed by atoms with Crippen LogP contribution in [0.1, 0.15) is 19.5 Å². The molecule has 0 saturated carbocycles. The normalized spacial score (nSPS) is 11.1. The van der Waals surface area contributed by atoms with Gasteiger partial charge in [-0.15, -0.1) is 0 Å². The summed E-state index contributed by atoms with van der Waals surface area (Å²) in [5.74, 6) is 0.948. The van der Waals surface area contributed by atoms with Crippen LogP contribution in [0, 0.1) is 6.92 Å². The third-order valence-electron chi connectivity index (χ3n) is 3.94. The number of hydrogen-bond donors (Lipinski definition) is 2. The van der Waals surface area contributed by atoms with Crippen molar-refractivity contribution in [2.24, 2.45) is 0 Å². The molecule has 1 amide bonds. The minimum absolute atomic E-state index is 0.140. The van der Waals surface area contributed by atoms with Gasteiger partial charge in [-0.25, -0.2) is 13.1 Å². The van der Waals surface area contributed by atoms with Crippen molar-refractivity contribution >= 4 is 27.4 Å². The molecule has 0 spiro atoms. The third kappa shape index (κ3) is 4.94. The molecule has 8 nitrogen and oxygen atoms in total. The second kappa shape index (κ2) is 8.36. The van der Waals surface area contributed by atoms with Crippen molar-refractivity contribution in [2.75, 3.05) is 16.6 Å². The van der Waals surface area contributed by atoms with E-state index in [9.17, 15) is 13.2 Å². The lowest BCUT2D eigenvalue weighted by molar-refractivity contribution is -0.114. The third-order valence-corrected chi connectivity index (χ3v) is 5.34. The monoisotopic (exact) mass is 414 g/mol. The number of nitrogens with zero attached hydrogens (tertiary/aromatic N) is 2. The number of ether oxygens (including phenoxy) is 1. The number of aromatic nitrogens is 2. The Morgan fingerprint density at radius 2 is 1.76 bits per heavy atom. The molecule has 2 N–H and O–H groups in total. The van der Waals surface area contributed by atoms with Crippen molar-refractivity contribution in [1.82, 2.24) is 9.78 Å². The number of sulfonamides is 1.